The van der Waals surface area contributed by atoms with Gasteiger partial charge in [-0.15, -0.1) is 0 Å². The van der Waals surface area contributed by atoms with Crippen LogP contribution in [-0.2, 0) is 16.1 Å². The van der Waals surface area contributed by atoms with Gasteiger partial charge in [-0.2, -0.15) is 0 Å². The highest BCUT2D eigenvalue weighted by molar-refractivity contribution is 5.98. The number of rotatable bonds is 7. The second-order valence-electron chi connectivity index (χ2n) is 8.28. The first-order chi connectivity index (χ1) is 16.8. The minimum Gasteiger partial charge on any atom is -0.480 e. The lowest BCUT2D eigenvalue weighted by Gasteiger charge is -2.40. The molecule has 1 saturated heterocycles. The van der Waals surface area contributed by atoms with Gasteiger partial charge in [0.15, 0.2) is 6.04 Å². The third-order valence-corrected chi connectivity index (χ3v) is 6.19. The van der Waals surface area contributed by atoms with Gasteiger partial charge >= 0.3 is 12.1 Å². The Bertz CT molecular complexity index is 1160. The number of nitro benzene ring substituents is 1. The fourth-order valence-electron chi connectivity index (χ4n) is 4.39. The van der Waals surface area contributed by atoms with Crippen LogP contribution < -0.4 is 15.1 Å². The fourth-order valence-corrected chi connectivity index (χ4v) is 4.39. The first kappa shape index (κ1) is 24.0. The van der Waals surface area contributed by atoms with Crippen LogP contribution in [-0.4, -0.2) is 64.9 Å². The van der Waals surface area contributed by atoms with E-state index in [1.54, 1.807) is 4.90 Å². The minimum absolute atomic E-state index is 0.0947. The van der Waals surface area contributed by atoms with Crippen molar-refractivity contribution in [2.24, 2.45) is 0 Å². The summed E-state index contributed by atoms with van der Waals surface area (Å²) in [6.07, 6.45) is 0.699. The van der Waals surface area contributed by atoms with Gasteiger partial charge in [0.05, 0.1) is 17.2 Å². The van der Waals surface area contributed by atoms with E-state index in [0.29, 0.717) is 31.6 Å². The lowest BCUT2D eigenvalue weighted by molar-refractivity contribution is -0.384. The van der Waals surface area contributed by atoms with Gasteiger partial charge in [0.25, 0.3) is 11.6 Å². The molecule has 2 amide bonds. The summed E-state index contributed by atoms with van der Waals surface area (Å²) in [5.41, 5.74) is 1.66. The number of para-hydroxylation sites is 1. The van der Waals surface area contributed by atoms with Gasteiger partial charge in [-0.1, -0.05) is 18.2 Å². The third-order valence-electron chi connectivity index (χ3n) is 6.19. The average molecular weight is 484 g/mol. The number of ether oxygens (including phenoxy) is 1. The summed E-state index contributed by atoms with van der Waals surface area (Å²) in [5.74, 6) is -2.27. The van der Waals surface area contributed by atoms with Crippen LogP contribution in [0.25, 0.3) is 0 Å². The summed E-state index contributed by atoms with van der Waals surface area (Å²) in [6, 6.07) is 9.79. The molecule has 0 bridgehead atoms. The molecule has 1 atom stereocenters. The average Bonchev–Trinajstić information content (AvgIpc) is 2.86. The topological polar surface area (TPSA) is 163 Å². The van der Waals surface area contributed by atoms with Crippen molar-refractivity contribution in [3.05, 3.63) is 63.7 Å². The van der Waals surface area contributed by atoms with Crippen molar-refractivity contribution < 1.29 is 34.3 Å². The van der Waals surface area contributed by atoms with Gasteiger partial charge in [-0.3, -0.25) is 19.8 Å². The predicted molar refractivity (Wildman–Crippen MR) is 123 cm³/mol. The fraction of sp³-hybridized carbons (Fsp3) is 0.348. The molecular formula is C23H24N4O8. The van der Waals surface area contributed by atoms with Crippen molar-refractivity contribution in [2.75, 3.05) is 29.5 Å². The number of nitrogens with one attached hydrogen (secondary N) is 1. The molecule has 2 aliphatic rings. The maximum absolute atomic E-state index is 12.5. The number of anilines is 2. The number of cyclic esters (lactones) is 1. The lowest BCUT2D eigenvalue weighted by atomic mass is 9.99. The highest BCUT2D eigenvalue weighted by Crippen LogP contribution is 2.35. The molecule has 0 radical (unpaired) electrons. The minimum atomic E-state index is -1.52. The van der Waals surface area contributed by atoms with E-state index in [9.17, 15) is 24.5 Å². The Balaban J connectivity index is 1.50. The van der Waals surface area contributed by atoms with E-state index in [1.165, 1.54) is 12.1 Å². The second kappa shape index (κ2) is 9.97. The number of nitrogens with zero attached hydrogens (tertiary/aromatic N) is 3. The van der Waals surface area contributed by atoms with Crippen molar-refractivity contribution in [3.8, 4) is 0 Å². The number of carboxylic acid groups (broad SMARTS) is 1. The number of aliphatic carboxylic acids is 1. The Morgan fingerprint density at radius 2 is 1.89 bits per heavy atom. The Morgan fingerprint density at radius 3 is 2.54 bits per heavy atom. The second-order valence-corrected chi connectivity index (χ2v) is 8.28. The number of carboxylic acids is 1. The van der Waals surface area contributed by atoms with Crippen LogP contribution in [0.2, 0.25) is 0 Å². The lowest BCUT2D eigenvalue weighted by Crippen LogP contribution is -2.49. The molecular weight excluding hydrogens is 460 g/mol. The quantitative estimate of drug-likeness (QED) is 0.393. The van der Waals surface area contributed by atoms with Crippen molar-refractivity contribution in [1.82, 2.24) is 5.32 Å². The molecule has 1 unspecified atom stereocenters. The zero-order chi connectivity index (χ0) is 25.1. The monoisotopic (exact) mass is 484 g/mol. The van der Waals surface area contributed by atoms with Gasteiger partial charge in [0, 0.05) is 36.3 Å². The molecule has 1 fully saturated rings. The zero-order valence-electron chi connectivity index (χ0n) is 18.6. The number of aliphatic hydroxyl groups is 1. The molecule has 12 nitrogen and oxygen atoms in total. The molecule has 12 heteroatoms. The van der Waals surface area contributed by atoms with E-state index >= 15 is 0 Å². The molecule has 0 saturated carbocycles. The van der Waals surface area contributed by atoms with Gasteiger partial charge in [0.2, 0.25) is 0 Å². The maximum atomic E-state index is 12.5. The molecule has 0 aliphatic carbocycles. The Hall–Kier alpha value is -4.19. The summed E-state index contributed by atoms with van der Waals surface area (Å²) in [5, 5.41) is 32.0. The van der Waals surface area contributed by atoms with Crippen LogP contribution in [0.5, 0.6) is 0 Å². The van der Waals surface area contributed by atoms with Crippen molar-refractivity contribution >= 4 is 35.0 Å². The summed E-state index contributed by atoms with van der Waals surface area (Å²) in [7, 11) is 0. The van der Waals surface area contributed by atoms with Crippen LogP contribution in [0.3, 0.4) is 0 Å². The first-order valence-electron chi connectivity index (χ1n) is 11.0. The summed E-state index contributed by atoms with van der Waals surface area (Å²) in [6.45, 7) is 0.288. The van der Waals surface area contributed by atoms with Gasteiger partial charge in [-0.05, 0) is 31.0 Å². The van der Waals surface area contributed by atoms with Crippen molar-refractivity contribution in [3.63, 3.8) is 0 Å². The summed E-state index contributed by atoms with van der Waals surface area (Å²) < 4.78 is 5.31. The molecule has 35 heavy (non-hydrogen) atoms. The van der Waals surface area contributed by atoms with Crippen LogP contribution >= 0.6 is 0 Å². The predicted octanol–water partition coefficient (Wildman–Crippen LogP) is 1.90. The molecule has 4 rings (SSSR count). The molecule has 2 heterocycles. The van der Waals surface area contributed by atoms with Crippen LogP contribution in [0, 0.1) is 10.1 Å². The summed E-state index contributed by atoms with van der Waals surface area (Å²) >= 11 is 0. The van der Waals surface area contributed by atoms with E-state index in [1.807, 2.05) is 29.2 Å². The third kappa shape index (κ3) is 4.87. The van der Waals surface area contributed by atoms with E-state index in [-0.39, 0.29) is 23.9 Å². The van der Waals surface area contributed by atoms with E-state index in [0.717, 1.165) is 17.3 Å². The molecule has 2 aromatic carbocycles. The number of carbonyl (C=O) groups excluding carboxylic acids is 2. The molecule has 3 N–H and O–H groups in total. The molecule has 2 aliphatic heterocycles. The van der Waals surface area contributed by atoms with E-state index in [2.05, 4.69) is 5.32 Å². The maximum Gasteiger partial charge on any atom is 0.414 e. The molecule has 2 aromatic rings. The van der Waals surface area contributed by atoms with Crippen LogP contribution in [0.15, 0.2) is 42.5 Å². The molecule has 184 valence electrons. The SMILES string of the molecule is O=C(NC(CO)C(=O)O)c1ccc(N2CCC(N3C(=O)OCc4ccccc43)CC2)c([N+](=O)[O-])c1. The van der Waals surface area contributed by atoms with Gasteiger partial charge < -0.3 is 25.2 Å². The molecule has 0 aromatic heterocycles. The first-order valence-corrected chi connectivity index (χ1v) is 11.0. The van der Waals surface area contributed by atoms with Crippen LogP contribution in [0.1, 0.15) is 28.8 Å². The Labute approximate surface area is 199 Å². The number of hydrogen-bond donors (Lipinski definition) is 3. The normalized spacial score (nSPS) is 16.8. The van der Waals surface area contributed by atoms with E-state index < -0.39 is 35.5 Å². The largest absolute Gasteiger partial charge is 0.480 e. The highest BCUT2D eigenvalue weighted by Gasteiger charge is 2.35. The van der Waals surface area contributed by atoms with Gasteiger partial charge in [-0.25, -0.2) is 9.59 Å². The number of benzene rings is 2. The van der Waals surface area contributed by atoms with Crippen LogP contribution in [0.4, 0.5) is 21.9 Å². The Kier molecular flexibility index (Phi) is 6.82. The van der Waals surface area contributed by atoms with Crippen molar-refractivity contribution in [2.45, 2.75) is 31.5 Å². The number of nitro groups is 1. The number of fused-ring (bicyclic) bond motifs is 1. The zero-order valence-corrected chi connectivity index (χ0v) is 18.6. The number of amides is 2. The molecule has 0 spiro atoms. The number of aliphatic hydroxyl groups excluding tert-OH is 1. The number of carbonyl (C=O) groups is 3. The number of piperidine rings is 1. The smallest absolute Gasteiger partial charge is 0.414 e. The van der Waals surface area contributed by atoms with E-state index in [4.69, 9.17) is 14.9 Å². The number of hydrogen-bond acceptors (Lipinski definition) is 8. The van der Waals surface area contributed by atoms with Gasteiger partial charge in [0.1, 0.15) is 12.3 Å². The Morgan fingerprint density at radius 1 is 1.17 bits per heavy atom. The standard InChI is InChI=1S/C23H24N4O8/c28-12-17(22(30)31)24-21(29)14-5-6-19(20(11-14)27(33)34)25-9-7-16(8-10-25)26-18-4-2-1-3-15(18)13-35-23(26)32/h1-6,11,16-17,28H,7-10,12-13H2,(H,24,29)(H,30,31). The summed E-state index contributed by atoms with van der Waals surface area (Å²) in [4.78, 5) is 50.5. The highest BCUT2D eigenvalue weighted by atomic mass is 16.6. The van der Waals surface area contributed by atoms with Crippen molar-refractivity contribution in [1.29, 1.82) is 0 Å².